The zero-order chi connectivity index (χ0) is 21.1. The molecule has 0 spiro atoms. The van der Waals surface area contributed by atoms with Crippen molar-refractivity contribution in [2.45, 2.75) is 13.8 Å². The summed E-state index contributed by atoms with van der Waals surface area (Å²) in [5, 5.41) is 0. The highest BCUT2D eigenvalue weighted by atomic mass is 127. The van der Waals surface area contributed by atoms with Gasteiger partial charge in [0.25, 0.3) is 5.91 Å². The molecule has 0 fully saturated rings. The van der Waals surface area contributed by atoms with E-state index < -0.39 is 0 Å². The van der Waals surface area contributed by atoms with Crippen molar-refractivity contribution >= 4 is 46.0 Å². The van der Waals surface area contributed by atoms with E-state index >= 15 is 0 Å². The van der Waals surface area contributed by atoms with Gasteiger partial charge in [-0.05, 0) is 95.6 Å². The summed E-state index contributed by atoms with van der Waals surface area (Å²) < 4.78 is 6.67. The molecule has 0 aliphatic carbocycles. The highest BCUT2D eigenvalue weighted by Gasteiger charge is 2.31. The monoisotopic (exact) mass is 507 g/mol. The highest BCUT2D eigenvalue weighted by molar-refractivity contribution is 14.1. The van der Waals surface area contributed by atoms with Crippen molar-refractivity contribution in [3.63, 3.8) is 0 Å². The molecular formula is C26H22INO2. The minimum Gasteiger partial charge on any atom is -0.494 e. The van der Waals surface area contributed by atoms with Gasteiger partial charge in [0.05, 0.1) is 18.0 Å². The fourth-order valence-corrected chi connectivity index (χ4v) is 4.20. The molecule has 0 saturated heterocycles. The lowest BCUT2D eigenvalue weighted by molar-refractivity contribution is -0.113. The number of carbonyl (C=O) groups is 1. The van der Waals surface area contributed by atoms with E-state index in [2.05, 4.69) is 28.7 Å². The van der Waals surface area contributed by atoms with Crippen molar-refractivity contribution in [1.82, 2.24) is 0 Å². The van der Waals surface area contributed by atoms with Gasteiger partial charge >= 0.3 is 0 Å². The summed E-state index contributed by atoms with van der Waals surface area (Å²) in [5.41, 5.74) is 5.51. The number of carbonyl (C=O) groups excluding carboxylic acids is 1. The van der Waals surface area contributed by atoms with Gasteiger partial charge in [0.15, 0.2) is 0 Å². The van der Waals surface area contributed by atoms with Gasteiger partial charge in [0, 0.05) is 9.14 Å². The third-order valence-corrected chi connectivity index (χ3v) is 5.64. The largest absolute Gasteiger partial charge is 0.494 e. The maximum Gasteiger partial charge on any atom is 0.262 e. The van der Waals surface area contributed by atoms with Crippen LogP contribution in [0.15, 0.2) is 84.4 Å². The first-order valence-electron chi connectivity index (χ1n) is 9.89. The highest BCUT2D eigenvalue weighted by Crippen LogP contribution is 2.37. The lowest BCUT2D eigenvalue weighted by Gasteiger charge is -2.23. The summed E-state index contributed by atoms with van der Waals surface area (Å²) in [4.78, 5) is 15.3. The smallest absolute Gasteiger partial charge is 0.262 e. The van der Waals surface area contributed by atoms with Crippen molar-refractivity contribution in [2.75, 3.05) is 11.5 Å². The molecule has 30 heavy (non-hydrogen) atoms. The molecule has 0 saturated carbocycles. The molecule has 0 aromatic heterocycles. The Morgan fingerprint density at radius 2 is 1.73 bits per heavy atom. The molecule has 150 valence electrons. The number of aryl methyl sites for hydroxylation is 1. The molecular weight excluding hydrogens is 485 g/mol. The van der Waals surface area contributed by atoms with Gasteiger partial charge < -0.3 is 4.74 Å². The summed E-state index contributed by atoms with van der Waals surface area (Å²) in [7, 11) is 0. The molecule has 1 amide bonds. The fraction of sp³-hybridized carbons (Fsp3) is 0.115. The zero-order valence-corrected chi connectivity index (χ0v) is 19.1. The molecule has 0 bridgehead atoms. The van der Waals surface area contributed by atoms with E-state index in [4.69, 9.17) is 4.74 Å². The lowest BCUT2D eigenvalue weighted by atomic mass is 10.1. The zero-order valence-electron chi connectivity index (χ0n) is 16.9. The third-order valence-electron chi connectivity index (χ3n) is 4.97. The molecule has 1 aliphatic heterocycles. The van der Waals surface area contributed by atoms with Crippen LogP contribution in [0, 0.1) is 10.5 Å². The topological polar surface area (TPSA) is 29.5 Å². The van der Waals surface area contributed by atoms with Gasteiger partial charge in [-0.3, -0.25) is 9.69 Å². The quantitative estimate of drug-likeness (QED) is 0.293. The number of anilines is 1. The first-order valence-corrected chi connectivity index (χ1v) is 11.0. The van der Waals surface area contributed by atoms with E-state index in [1.165, 1.54) is 0 Å². The van der Waals surface area contributed by atoms with Gasteiger partial charge in [0.1, 0.15) is 5.75 Å². The van der Waals surface area contributed by atoms with E-state index in [-0.39, 0.29) is 5.91 Å². The summed E-state index contributed by atoms with van der Waals surface area (Å²) >= 11 is 2.30. The van der Waals surface area contributed by atoms with Gasteiger partial charge in [-0.1, -0.05) is 42.5 Å². The van der Waals surface area contributed by atoms with Gasteiger partial charge in [-0.15, -0.1) is 0 Å². The lowest BCUT2D eigenvalue weighted by Crippen LogP contribution is -2.25. The van der Waals surface area contributed by atoms with Crippen LogP contribution in [0.1, 0.15) is 23.6 Å². The van der Waals surface area contributed by atoms with Crippen molar-refractivity contribution in [3.8, 4) is 5.75 Å². The van der Waals surface area contributed by atoms with Crippen LogP contribution < -0.4 is 9.64 Å². The van der Waals surface area contributed by atoms with Crippen LogP contribution in [-0.4, -0.2) is 12.5 Å². The number of rotatable bonds is 5. The van der Waals surface area contributed by atoms with E-state index in [1.54, 1.807) is 0 Å². The summed E-state index contributed by atoms with van der Waals surface area (Å²) in [6, 6.07) is 24.0. The Hall–Kier alpha value is -2.86. The maximum atomic E-state index is 13.5. The van der Waals surface area contributed by atoms with E-state index in [0.29, 0.717) is 12.2 Å². The normalized spacial score (nSPS) is 14.9. The standard InChI is InChI=1S/C26H22INO2/c1-3-30-23-12-9-19(10-13-23)16-21-17-25(20-7-5-4-6-8-20)28(26(21)29)24-14-11-22(27)15-18(24)2/h4-17H,3H2,1-2H3/b21-16+. The summed E-state index contributed by atoms with van der Waals surface area (Å²) in [6.07, 6.45) is 3.91. The van der Waals surface area contributed by atoms with Crippen LogP contribution in [-0.2, 0) is 4.79 Å². The molecule has 0 atom stereocenters. The van der Waals surface area contributed by atoms with Crippen molar-refractivity contribution in [1.29, 1.82) is 0 Å². The second kappa shape index (κ2) is 8.88. The SMILES string of the molecule is CCOc1ccc(/C=C2\C=C(c3ccccc3)N(c3ccc(I)cc3C)C2=O)cc1. The predicted molar refractivity (Wildman–Crippen MR) is 131 cm³/mol. The molecule has 3 nitrogen and oxygen atoms in total. The second-order valence-electron chi connectivity index (χ2n) is 7.07. The Balaban J connectivity index is 1.77. The van der Waals surface area contributed by atoms with E-state index in [0.717, 1.165) is 37.4 Å². The van der Waals surface area contributed by atoms with Gasteiger partial charge in [0.2, 0.25) is 0 Å². The molecule has 1 aliphatic rings. The number of benzene rings is 3. The van der Waals surface area contributed by atoms with Crippen LogP contribution in [0.2, 0.25) is 0 Å². The Labute approximate surface area is 190 Å². The van der Waals surface area contributed by atoms with Crippen LogP contribution in [0.3, 0.4) is 0 Å². The van der Waals surface area contributed by atoms with Crippen LogP contribution >= 0.6 is 22.6 Å². The summed E-state index contributed by atoms with van der Waals surface area (Å²) in [6.45, 7) is 4.64. The van der Waals surface area contributed by atoms with Crippen LogP contribution in [0.5, 0.6) is 5.75 Å². The average molecular weight is 507 g/mol. The van der Waals surface area contributed by atoms with Crippen molar-refractivity contribution in [3.05, 3.63) is 105 Å². The van der Waals surface area contributed by atoms with Gasteiger partial charge in [-0.2, -0.15) is 0 Å². The average Bonchev–Trinajstić information content (AvgIpc) is 3.06. The van der Waals surface area contributed by atoms with Crippen molar-refractivity contribution < 1.29 is 9.53 Å². The first kappa shape index (κ1) is 20.4. The number of nitrogens with zero attached hydrogens (tertiary/aromatic N) is 1. The number of hydrogen-bond acceptors (Lipinski definition) is 2. The van der Waals surface area contributed by atoms with Crippen LogP contribution in [0.25, 0.3) is 11.8 Å². The minimum absolute atomic E-state index is 0.0213. The molecule has 0 radical (unpaired) electrons. The van der Waals surface area contributed by atoms with E-state index in [9.17, 15) is 4.79 Å². The summed E-state index contributed by atoms with van der Waals surface area (Å²) in [5.74, 6) is 0.807. The maximum absolute atomic E-state index is 13.5. The Morgan fingerprint density at radius 1 is 1.00 bits per heavy atom. The molecule has 4 heteroatoms. The van der Waals surface area contributed by atoms with Crippen LogP contribution in [0.4, 0.5) is 5.69 Å². The second-order valence-corrected chi connectivity index (χ2v) is 8.31. The van der Waals surface area contributed by atoms with Gasteiger partial charge in [-0.25, -0.2) is 0 Å². The minimum atomic E-state index is -0.0213. The number of hydrogen-bond donors (Lipinski definition) is 0. The van der Waals surface area contributed by atoms with Crippen molar-refractivity contribution in [2.24, 2.45) is 0 Å². The molecule has 3 aromatic rings. The Bertz CT molecular complexity index is 1130. The molecule has 4 rings (SSSR count). The molecule has 0 unspecified atom stereocenters. The number of halogens is 1. The Kier molecular flexibility index (Phi) is 6.04. The number of ether oxygens (including phenoxy) is 1. The first-order chi connectivity index (χ1) is 14.6. The van der Waals surface area contributed by atoms with E-state index in [1.807, 2.05) is 97.6 Å². The Morgan fingerprint density at radius 3 is 2.40 bits per heavy atom. The molecule has 1 heterocycles. The fourth-order valence-electron chi connectivity index (χ4n) is 3.55. The number of amides is 1. The molecule has 3 aromatic carbocycles. The third kappa shape index (κ3) is 4.19. The molecule has 0 N–H and O–H groups in total. The predicted octanol–water partition coefficient (Wildman–Crippen LogP) is 6.47.